The van der Waals surface area contributed by atoms with Crippen molar-refractivity contribution in [2.75, 3.05) is 6.54 Å². The molecule has 0 spiro atoms. The SMILES string of the molecule is Cc1cc(COc2ccc(C[C@@H]3C[C@@H]3C(=O)NCC(=O)NO)cc2)c2ccccc2n1. The van der Waals surface area contributed by atoms with Crippen LogP contribution < -0.4 is 15.5 Å². The number of hydrogen-bond donors (Lipinski definition) is 3. The largest absolute Gasteiger partial charge is 0.489 e. The minimum absolute atomic E-state index is 0.0781. The number of para-hydroxylation sites is 1. The fourth-order valence-electron chi connectivity index (χ4n) is 3.83. The number of nitrogens with one attached hydrogen (secondary N) is 2. The van der Waals surface area contributed by atoms with Crippen molar-refractivity contribution in [1.82, 2.24) is 15.8 Å². The molecular formula is C24H25N3O4. The molecule has 0 aliphatic heterocycles. The summed E-state index contributed by atoms with van der Waals surface area (Å²) in [6.45, 7) is 2.24. The molecule has 0 unspecified atom stereocenters. The third kappa shape index (κ3) is 5.19. The number of rotatable bonds is 8. The van der Waals surface area contributed by atoms with Crippen molar-refractivity contribution in [2.24, 2.45) is 11.8 Å². The second kappa shape index (κ2) is 9.14. The fourth-order valence-corrected chi connectivity index (χ4v) is 3.83. The molecule has 0 radical (unpaired) electrons. The van der Waals surface area contributed by atoms with E-state index in [1.165, 1.54) is 5.48 Å². The van der Waals surface area contributed by atoms with E-state index in [9.17, 15) is 9.59 Å². The van der Waals surface area contributed by atoms with Crippen LogP contribution in [0.4, 0.5) is 0 Å². The number of carbonyl (C=O) groups excluding carboxylic acids is 2. The topological polar surface area (TPSA) is 101 Å². The van der Waals surface area contributed by atoms with Crippen molar-refractivity contribution < 1.29 is 19.5 Å². The van der Waals surface area contributed by atoms with Gasteiger partial charge in [-0.05, 0) is 55.5 Å². The minimum Gasteiger partial charge on any atom is -0.489 e. The summed E-state index contributed by atoms with van der Waals surface area (Å²) in [5.74, 6) is 0.215. The smallest absolute Gasteiger partial charge is 0.262 e. The lowest BCUT2D eigenvalue weighted by Crippen LogP contribution is -2.36. The van der Waals surface area contributed by atoms with Crippen LogP contribution in [0.5, 0.6) is 5.75 Å². The molecule has 160 valence electrons. The van der Waals surface area contributed by atoms with Gasteiger partial charge in [-0.25, -0.2) is 5.48 Å². The molecule has 1 aliphatic carbocycles. The van der Waals surface area contributed by atoms with E-state index in [1.54, 1.807) is 0 Å². The summed E-state index contributed by atoms with van der Waals surface area (Å²) in [5, 5.41) is 12.1. The average molecular weight is 419 g/mol. The molecule has 7 nitrogen and oxygen atoms in total. The van der Waals surface area contributed by atoms with Crippen LogP contribution in [0.1, 0.15) is 23.2 Å². The van der Waals surface area contributed by atoms with Gasteiger partial charge < -0.3 is 10.1 Å². The molecule has 7 heteroatoms. The third-order valence-corrected chi connectivity index (χ3v) is 5.55. The third-order valence-electron chi connectivity index (χ3n) is 5.55. The molecule has 1 heterocycles. The second-order valence-corrected chi connectivity index (χ2v) is 7.93. The summed E-state index contributed by atoms with van der Waals surface area (Å²) < 4.78 is 6.00. The van der Waals surface area contributed by atoms with Crippen LogP contribution in [0.25, 0.3) is 10.9 Å². The van der Waals surface area contributed by atoms with E-state index in [0.717, 1.165) is 46.3 Å². The van der Waals surface area contributed by atoms with Gasteiger partial charge in [-0.3, -0.25) is 19.8 Å². The number of hydroxylamine groups is 1. The second-order valence-electron chi connectivity index (χ2n) is 7.93. The first-order chi connectivity index (χ1) is 15.0. The number of nitrogens with zero attached hydrogens (tertiary/aromatic N) is 1. The summed E-state index contributed by atoms with van der Waals surface area (Å²) in [7, 11) is 0. The lowest BCUT2D eigenvalue weighted by Gasteiger charge is -2.10. The van der Waals surface area contributed by atoms with Crippen molar-refractivity contribution in [3.8, 4) is 5.75 Å². The molecule has 2 atom stereocenters. The predicted octanol–water partition coefficient (Wildman–Crippen LogP) is 2.92. The van der Waals surface area contributed by atoms with Crippen LogP contribution in [0, 0.1) is 18.8 Å². The van der Waals surface area contributed by atoms with Crippen molar-refractivity contribution in [1.29, 1.82) is 0 Å². The molecule has 1 saturated carbocycles. The monoisotopic (exact) mass is 419 g/mol. The Morgan fingerprint density at radius 2 is 1.94 bits per heavy atom. The number of aryl methyl sites for hydroxylation is 1. The zero-order chi connectivity index (χ0) is 21.8. The number of aromatic nitrogens is 1. The highest BCUT2D eigenvalue weighted by atomic mass is 16.5. The summed E-state index contributed by atoms with van der Waals surface area (Å²) in [5.41, 5.74) is 5.68. The summed E-state index contributed by atoms with van der Waals surface area (Å²) in [4.78, 5) is 27.6. The van der Waals surface area contributed by atoms with Crippen LogP contribution in [0.2, 0.25) is 0 Å². The number of ether oxygens (including phenoxy) is 1. The van der Waals surface area contributed by atoms with Crippen LogP contribution in [-0.4, -0.2) is 28.6 Å². The maximum absolute atomic E-state index is 12.0. The van der Waals surface area contributed by atoms with Crippen LogP contribution >= 0.6 is 0 Å². The first-order valence-electron chi connectivity index (χ1n) is 10.3. The van der Waals surface area contributed by atoms with Gasteiger partial charge in [0.25, 0.3) is 5.91 Å². The highest BCUT2D eigenvalue weighted by molar-refractivity contribution is 5.86. The van der Waals surface area contributed by atoms with Gasteiger partial charge in [-0.2, -0.15) is 0 Å². The molecule has 4 rings (SSSR count). The number of hydrogen-bond acceptors (Lipinski definition) is 5. The first kappa shape index (κ1) is 20.8. The predicted molar refractivity (Wildman–Crippen MR) is 115 cm³/mol. The molecule has 0 saturated heterocycles. The zero-order valence-corrected chi connectivity index (χ0v) is 17.3. The van der Waals surface area contributed by atoms with Crippen LogP contribution in [0.3, 0.4) is 0 Å². The summed E-state index contributed by atoms with van der Waals surface area (Å²) >= 11 is 0. The molecule has 1 fully saturated rings. The van der Waals surface area contributed by atoms with Crippen LogP contribution in [0.15, 0.2) is 54.6 Å². The fraction of sp³-hybridized carbons (Fsp3) is 0.292. The average Bonchev–Trinajstić information content (AvgIpc) is 3.55. The van der Waals surface area contributed by atoms with E-state index in [-0.39, 0.29) is 24.3 Å². The molecule has 2 amide bonds. The van der Waals surface area contributed by atoms with E-state index in [4.69, 9.17) is 9.94 Å². The van der Waals surface area contributed by atoms with Gasteiger partial charge in [0.15, 0.2) is 0 Å². The van der Waals surface area contributed by atoms with Gasteiger partial charge in [0.2, 0.25) is 5.91 Å². The number of carbonyl (C=O) groups is 2. The van der Waals surface area contributed by atoms with E-state index in [0.29, 0.717) is 6.61 Å². The standard InChI is InChI=1S/C24H25N3O4/c1-15-10-18(20-4-2-3-5-22(20)26-15)14-31-19-8-6-16(7-9-19)11-17-12-21(17)24(29)25-13-23(28)27-30/h2-10,17,21,30H,11-14H2,1H3,(H,25,29)(H,27,28)/t17-,21+/m1/s1. The van der Waals surface area contributed by atoms with Gasteiger partial charge in [0.05, 0.1) is 12.1 Å². The first-order valence-corrected chi connectivity index (χ1v) is 10.3. The van der Waals surface area contributed by atoms with E-state index < -0.39 is 5.91 Å². The molecule has 3 N–H and O–H groups in total. The normalized spacial score (nSPS) is 17.2. The summed E-state index contributed by atoms with van der Waals surface area (Å²) in [6, 6.07) is 18.1. The van der Waals surface area contributed by atoms with Gasteiger partial charge in [0, 0.05) is 22.6 Å². The zero-order valence-electron chi connectivity index (χ0n) is 17.3. The maximum Gasteiger partial charge on any atom is 0.262 e. The van der Waals surface area contributed by atoms with E-state index in [2.05, 4.69) is 22.4 Å². The lowest BCUT2D eigenvalue weighted by molar-refractivity contribution is -0.131. The Kier molecular flexibility index (Phi) is 6.13. The molecule has 1 aliphatic rings. The Labute approximate surface area is 180 Å². The molecule has 3 aromatic rings. The van der Waals surface area contributed by atoms with E-state index >= 15 is 0 Å². The molecule has 2 aromatic carbocycles. The Hall–Kier alpha value is -3.45. The minimum atomic E-state index is -0.629. The van der Waals surface area contributed by atoms with Crippen molar-refractivity contribution in [2.45, 2.75) is 26.4 Å². The van der Waals surface area contributed by atoms with Crippen molar-refractivity contribution in [3.05, 3.63) is 71.4 Å². The molecule has 1 aromatic heterocycles. The summed E-state index contributed by atoms with van der Waals surface area (Å²) in [6.07, 6.45) is 1.61. The highest BCUT2D eigenvalue weighted by Gasteiger charge is 2.42. The Morgan fingerprint density at radius 3 is 2.71 bits per heavy atom. The van der Waals surface area contributed by atoms with E-state index in [1.807, 2.05) is 49.4 Å². The molecule has 31 heavy (non-hydrogen) atoms. The quantitative estimate of drug-likeness (QED) is 0.385. The Balaban J connectivity index is 1.30. The molecular weight excluding hydrogens is 394 g/mol. The van der Waals surface area contributed by atoms with Gasteiger partial charge in [0.1, 0.15) is 12.4 Å². The number of benzene rings is 2. The van der Waals surface area contributed by atoms with Crippen molar-refractivity contribution >= 4 is 22.7 Å². The molecule has 0 bridgehead atoms. The maximum atomic E-state index is 12.0. The number of pyridine rings is 1. The van der Waals surface area contributed by atoms with Gasteiger partial charge in [-0.15, -0.1) is 0 Å². The highest BCUT2D eigenvalue weighted by Crippen LogP contribution is 2.41. The Bertz CT molecular complexity index is 1100. The van der Waals surface area contributed by atoms with Gasteiger partial charge >= 0.3 is 0 Å². The van der Waals surface area contributed by atoms with Crippen LogP contribution in [-0.2, 0) is 22.6 Å². The Morgan fingerprint density at radius 1 is 1.16 bits per heavy atom. The number of fused-ring (bicyclic) bond motifs is 1. The van der Waals surface area contributed by atoms with Gasteiger partial charge in [-0.1, -0.05) is 30.3 Å². The number of amides is 2. The van der Waals surface area contributed by atoms with Crippen molar-refractivity contribution in [3.63, 3.8) is 0 Å². The lowest BCUT2D eigenvalue weighted by atomic mass is 10.1.